The van der Waals surface area contributed by atoms with E-state index < -0.39 is 30.5 Å². The molecule has 0 radical (unpaired) electrons. The molecule has 1 N–H and O–H groups in total. The summed E-state index contributed by atoms with van der Waals surface area (Å²) >= 11 is 0. The van der Waals surface area contributed by atoms with Gasteiger partial charge in [-0.15, -0.1) is 0 Å². The van der Waals surface area contributed by atoms with Crippen LogP contribution in [0.1, 0.15) is 12.0 Å². The maximum atomic E-state index is 12.4. The van der Waals surface area contributed by atoms with Crippen LogP contribution in [0.3, 0.4) is 0 Å². The van der Waals surface area contributed by atoms with Crippen molar-refractivity contribution in [3.05, 3.63) is 29.8 Å². The molecule has 0 aromatic heterocycles. The first-order valence-electron chi connectivity index (χ1n) is 6.79. The van der Waals surface area contributed by atoms with Gasteiger partial charge in [-0.3, -0.25) is 9.59 Å². The van der Waals surface area contributed by atoms with Crippen LogP contribution in [-0.4, -0.2) is 48.8 Å². The van der Waals surface area contributed by atoms with E-state index in [1.807, 2.05) is 0 Å². The van der Waals surface area contributed by atoms with Gasteiger partial charge in [-0.2, -0.15) is 13.2 Å². The summed E-state index contributed by atoms with van der Waals surface area (Å²) in [6.45, 7) is -1.39. The Morgan fingerprint density at radius 1 is 1.26 bits per heavy atom. The van der Waals surface area contributed by atoms with Crippen LogP contribution >= 0.6 is 0 Å². The van der Waals surface area contributed by atoms with E-state index in [0.29, 0.717) is 10.5 Å². The molecular weight excluding hydrogens is 315 g/mol. The van der Waals surface area contributed by atoms with Gasteiger partial charge in [0.2, 0.25) is 5.91 Å². The highest BCUT2D eigenvalue weighted by atomic mass is 19.4. The molecule has 0 aliphatic heterocycles. The van der Waals surface area contributed by atoms with E-state index in [1.165, 1.54) is 24.3 Å². The number of phenols is 1. The normalized spacial score (nSPS) is 12.6. The topological polar surface area (TPSA) is 66.8 Å². The minimum absolute atomic E-state index is 0.0267. The molecule has 5 nitrogen and oxygen atoms in total. The maximum absolute atomic E-state index is 12.4. The summed E-state index contributed by atoms with van der Waals surface area (Å²) in [6.07, 6.45) is -4.77. The Balaban J connectivity index is 2.88. The molecule has 0 aliphatic rings. The second-order valence-electron chi connectivity index (χ2n) is 5.16. The Hall–Kier alpha value is -2.25. The zero-order chi connectivity index (χ0) is 17.6. The van der Waals surface area contributed by atoms with Crippen LogP contribution in [0.25, 0.3) is 0 Å². The van der Waals surface area contributed by atoms with Crippen LogP contribution in [0.5, 0.6) is 5.75 Å². The average molecular weight is 333 g/mol. The molecule has 1 amide bonds. The summed E-state index contributed by atoms with van der Waals surface area (Å²) in [5, 5.41) is 9.22. The summed E-state index contributed by atoms with van der Waals surface area (Å²) < 4.78 is 41.7. The van der Waals surface area contributed by atoms with Crippen LogP contribution in [0, 0.1) is 5.92 Å². The van der Waals surface area contributed by atoms with Crippen molar-refractivity contribution in [3.8, 4) is 5.75 Å². The highest BCUT2D eigenvalue weighted by molar-refractivity contribution is 5.84. The van der Waals surface area contributed by atoms with Crippen LogP contribution in [-0.2, 0) is 20.7 Å². The van der Waals surface area contributed by atoms with Gasteiger partial charge in [-0.1, -0.05) is 12.1 Å². The lowest BCUT2D eigenvalue weighted by molar-refractivity contribution is -0.162. The number of methoxy groups -OCH3 is 1. The summed E-state index contributed by atoms with van der Waals surface area (Å²) in [6, 6.07) is 5.87. The zero-order valence-corrected chi connectivity index (χ0v) is 12.8. The van der Waals surface area contributed by atoms with Crippen molar-refractivity contribution in [3.63, 3.8) is 0 Å². The highest BCUT2D eigenvalue weighted by Crippen LogP contribution is 2.21. The summed E-state index contributed by atoms with van der Waals surface area (Å²) in [4.78, 5) is 24.2. The summed E-state index contributed by atoms with van der Waals surface area (Å²) in [5.74, 6) is -2.42. The first-order valence-corrected chi connectivity index (χ1v) is 6.79. The third-order valence-corrected chi connectivity index (χ3v) is 3.20. The molecule has 0 aliphatic carbocycles. The number of aromatic hydroxyl groups is 1. The number of phenolic OH excluding ortho intramolecular Hbond substituents is 1. The van der Waals surface area contributed by atoms with E-state index in [1.54, 1.807) is 0 Å². The number of carbonyl (C=O) groups is 2. The van der Waals surface area contributed by atoms with Crippen molar-refractivity contribution in [2.45, 2.75) is 19.0 Å². The minimum Gasteiger partial charge on any atom is -0.508 e. The quantitative estimate of drug-likeness (QED) is 0.810. The lowest BCUT2D eigenvalue weighted by Crippen LogP contribution is -2.40. The largest absolute Gasteiger partial charge is 0.508 e. The van der Waals surface area contributed by atoms with Crippen LogP contribution in [0.2, 0.25) is 0 Å². The molecule has 0 fully saturated rings. The molecule has 0 spiro atoms. The molecule has 23 heavy (non-hydrogen) atoms. The van der Waals surface area contributed by atoms with Gasteiger partial charge in [0.15, 0.2) is 0 Å². The molecule has 1 aromatic carbocycles. The average Bonchev–Trinajstić information content (AvgIpc) is 2.46. The van der Waals surface area contributed by atoms with E-state index in [-0.39, 0.29) is 18.6 Å². The molecule has 0 saturated carbocycles. The van der Waals surface area contributed by atoms with Crippen molar-refractivity contribution in [1.82, 2.24) is 4.90 Å². The maximum Gasteiger partial charge on any atom is 0.406 e. The van der Waals surface area contributed by atoms with Crippen LogP contribution in [0.15, 0.2) is 24.3 Å². The molecule has 128 valence electrons. The molecule has 8 heteroatoms. The number of carbonyl (C=O) groups excluding carboxylic acids is 2. The molecule has 0 bridgehead atoms. The lowest BCUT2D eigenvalue weighted by atomic mass is 9.94. The Labute approximate surface area is 131 Å². The molecule has 1 atom stereocenters. The number of esters is 1. The fourth-order valence-corrected chi connectivity index (χ4v) is 2.11. The molecular formula is C15H18F3NO4. The Morgan fingerprint density at radius 2 is 1.83 bits per heavy atom. The van der Waals surface area contributed by atoms with Crippen molar-refractivity contribution < 1.29 is 32.6 Å². The van der Waals surface area contributed by atoms with Crippen molar-refractivity contribution in [2.75, 3.05) is 20.7 Å². The van der Waals surface area contributed by atoms with E-state index in [2.05, 4.69) is 4.74 Å². The van der Waals surface area contributed by atoms with Gasteiger partial charge >= 0.3 is 12.1 Å². The number of rotatable bonds is 6. The summed E-state index contributed by atoms with van der Waals surface area (Å²) in [5.41, 5.74) is 0.616. The van der Waals surface area contributed by atoms with Gasteiger partial charge in [0.25, 0.3) is 0 Å². The van der Waals surface area contributed by atoms with Gasteiger partial charge in [0.05, 0.1) is 19.4 Å². The Morgan fingerprint density at radius 3 is 2.30 bits per heavy atom. The predicted molar refractivity (Wildman–Crippen MR) is 75.6 cm³/mol. The van der Waals surface area contributed by atoms with Gasteiger partial charge in [-0.25, -0.2) is 0 Å². The SMILES string of the molecule is COC(=O)CC(Cc1ccc(O)cc1)C(=O)N(C)CC(F)(F)F. The first kappa shape index (κ1) is 18.8. The van der Waals surface area contributed by atoms with E-state index in [0.717, 1.165) is 14.2 Å². The van der Waals surface area contributed by atoms with Gasteiger partial charge in [0, 0.05) is 7.05 Å². The fourth-order valence-electron chi connectivity index (χ4n) is 2.11. The van der Waals surface area contributed by atoms with Crippen LogP contribution < -0.4 is 0 Å². The Kier molecular flexibility index (Phi) is 6.41. The smallest absolute Gasteiger partial charge is 0.406 e. The monoisotopic (exact) mass is 333 g/mol. The third kappa shape index (κ3) is 6.58. The number of ether oxygens (including phenoxy) is 1. The number of halogens is 3. The molecule has 0 heterocycles. The van der Waals surface area contributed by atoms with Crippen molar-refractivity contribution in [1.29, 1.82) is 0 Å². The van der Waals surface area contributed by atoms with E-state index in [4.69, 9.17) is 0 Å². The number of hydrogen-bond donors (Lipinski definition) is 1. The number of nitrogens with zero attached hydrogens (tertiary/aromatic N) is 1. The zero-order valence-electron chi connectivity index (χ0n) is 12.8. The minimum atomic E-state index is -4.52. The van der Waals surface area contributed by atoms with Crippen LogP contribution in [0.4, 0.5) is 13.2 Å². The van der Waals surface area contributed by atoms with Gasteiger partial charge in [0.1, 0.15) is 12.3 Å². The first-order chi connectivity index (χ1) is 10.6. The number of alkyl halides is 3. The predicted octanol–water partition coefficient (Wildman–Crippen LogP) is 2.13. The number of amides is 1. The number of hydrogen-bond acceptors (Lipinski definition) is 4. The lowest BCUT2D eigenvalue weighted by Gasteiger charge is -2.24. The highest BCUT2D eigenvalue weighted by Gasteiger charge is 2.34. The van der Waals surface area contributed by atoms with Crippen molar-refractivity contribution >= 4 is 11.9 Å². The fraction of sp³-hybridized carbons (Fsp3) is 0.467. The van der Waals surface area contributed by atoms with Gasteiger partial charge in [-0.05, 0) is 24.1 Å². The standard InChI is InChI=1S/C15H18F3NO4/c1-19(9-15(16,17)18)14(22)11(8-13(21)23-2)7-10-3-5-12(20)6-4-10/h3-6,11,20H,7-9H2,1-2H3. The third-order valence-electron chi connectivity index (χ3n) is 3.20. The Bertz CT molecular complexity index is 543. The molecule has 1 aromatic rings. The van der Waals surface area contributed by atoms with Crippen molar-refractivity contribution in [2.24, 2.45) is 5.92 Å². The molecule has 0 saturated heterocycles. The molecule has 1 unspecified atom stereocenters. The molecule has 1 rings (SSSR count). The number of benzene rings is 1. The second kappa shape index (κ2) is 7.85. The summed E-state index contributed by atoms with van der Waals surface area (Å²) in [7, 11) is 2.18. The van der Waals surface area contributed by atoms with E-state index >= 15 is 0 Å². The second-order valence-corrected chi connectivity index (χ2v) is 5.16. The van der Waals surface area contributed by atoms with E-state index in [9.17, 15) is 27.9 Å². The van der Waals surface area contributed by atoms with Gasteiger partial charge < -0.3 is 14.7 Å².